The Morgan fingerprint density at radius 3 is 2.00 bits per heavy atom. The summed E-state index contributed by atoms with van der Waals surface area (Å²) in [5, 5.41) is 17.6. The molecule has 3 aromatic rings. The second-order valence-corrected chi connectivity index (χ2v) is 9.00. The molecule has 182 valence electrons. The monoisotopic (exact) mass is 596 g/mol. The van der Waals surface area contributed by atoms with Crippen LogP contribution in [0.15, 0.2) is 69.9 Å². The maximum absolute atomic E-state index is 10.9. The molecule has 2 aromatic carbocycles. The van der Waals surface area contributed by atoms with Gasteiger partial charge in [0.2, 0.25) is 0 Å². The summed E-state index contributed by atoms with van der Waals surface area (Å²) in [6, 6.07) is 13.7. The van der Waals surface area contributed by atoms with Crippen LogP contribution in [-0.4, -0.2) is 46.2 Å². The number of aromatic nitrogens is 1. The third-order valence-electron chi connectivity index (χ3n) is 4.76. The Balaban J connectivity index is 0.000000190. The molecular weight excluding hydrogens is 572 g/mol. The van der Waals surface area contributed by atoms with E-state index in [4.69, 9.17) is 25.4 Å². The second-order valence-electron chi connectivity index (χ2n) is 7.29. The molecule has 4 rings (SSSR count). The van der Waals surface area contributed by atoms with Gasteiger partial charge in [0.15, 0.2) is 6.29 Å². The number of anilines is 1. The highest BCUT2D eigenvalue weighted by Crippen LogP contribution is 2.21. The lowest BCUT2D eigenvalue weighted by Gasteiger charge is -2.06. The van der Waals surface area contributed by atoms with Crippen LogP contribution >= 0.6 is 31.9 Å². The van der Waals surface area contributed by atoms with Gasteiger partial charge in [0.1, 0.15) is 0 Å². The predicted molar refractivity (Wildman–Crippen MR) is 137 cm³/mol. The van der Waals surface area contributed by atoms with Crippen LogP contribution in [-0.2, 0) is 9.47 Å². The van der Waals surface area contributed by atoms with Gasteiger partial charge >= 0.3 is 11.9 Å². The first-order valence-corrected chi connectivity index (χ1v) is 11.8. The number of methoxy groups -OCH3 is 1. The minimum absolute atomic E-state index is 0.0741. The summed E-state index contributed by atoms with van der Waals surface area (Å²) in [4.78, 5) is 21.4. The largest absolute Gasteiger partial charge is 0.478 e. The van der Waals surface area contributed by atoms with Crippen molar-refractivity contribution in [2.24, 2.45) is 0 Å². The number of halogens is 2. The van der Waals surface area contributed by atoms with Gasteiger partial charge in [0.05, 0.1) is 17.2 Å². The summed E-state index contributed by atoms with van der Waals surface area (Å²) in [5.41, 5.74) is 7.11. The van der Waals surface area contributed by atoms with E-state index in [0.29, 0.717) is 20.7 Å². The molecule has 1 aliphatic heterocycles. The number of aromatic carboxylic acids is 2. The summed E-state index contributed by atoms with van der Waals surface area (Å²) in [6.45, 7) is 2.07. The van der Waals surface area contributed by atoms with E-state index >= 15 is 0 Å². The van der Waals surface area contributed by atoms with Crippen molar-refractivity contribution >= 4 is 49.5 Å². The minimum Gasteiger partial charge on any atom is -0.478 e. The quantitative estimate of drug-likeness (QED) is 0.323. The molecule has 0 spiro atoms. The Morgan fingerprint density at radius 1 is 1.00 bits per heavy atom. The normalized spacial score (nSPS) is 16.6. The molecule has 0 bridgehead atoms. The van der Waals surface area contributed by atoms with Crippen LogP contribution in [0.1, 0.15) is 40.5 Å². The van der Waals surface area contributed by atoms with Crippen molar-refractivity contribution in [3.05, 3.63) is 81.0 Å². The zero-order chi connectivity index (χ0) is 25.3. The van der Waals surface area contributed by atoms with Crippen LogP contribution < -0.4 is 5.73 Å². The molecule has 1 saturated heterocycles. The van der Waals surface area contributed by atoms with Gasteiger partial charge < -0.3 is 30.0 Å². The molecule has 1 aromatic heterocycles. The maximum Gasteiger partial charge on any atom is 0.336 e. The second kappa shape index (κ2) is 13.3. The Kier molecular flexibility index (Phi) is 10.8. The topological polar surface area (TPSA) is 124 Å². The molecule has 0 amide bonds. The summed E-state index contributed by atoms with van der Waals surface area (Å²) >= 11 is 6.30. The third-order valence-corrected chi connectivity index (χ3v) is 6.14. The Morgan fingerprint density at radius 2 is 1.56 bits per heavy atom. The number of hydrogen-bond donors (Lipinski definition) is 3. The SMILES string of the molecule is COC1CCC(C)O1.Nc1ccc(Br)c(C(=O)O)c1.O=C(O)c1cc(-n2cccc2)ccc1Br. The highest BCUT2D eigenvalue weighted by atomic mass is 79.9. The molecule has 2 atom stereocenters. The number of nitrogen functional groups attached to an aromatic ring is 1. The Labute approximate surface area is 214 Å². The molecule has 1 aliphatic rings. The molecule has 34 heavy (non-hydrogen) atoms. The first-order valence-electron chi connectivity index (χ1n) is 10.2. The van der Waals surface area contributed by atoms with Gasteiger partial charge in [-0.1, -0.05) is 0 Å². The molecule has 0 saturated carbocycles. The number of rotatable bonds is 4. The fraction of sp³-hybridized carbons (Fsp3) is 0.250. The molecule has 1 fully saturated rings. The van der Waals surface area contributed by atoms with E-state index in [1.807, 2.05) is 35.2 Å². The number of carboxylic acids is 2. The molecule has 10 heteroatoms. The number of carbonyl (C=O) groups is 2. The maximum atomic E-state index is 10.9. The first kappa shape index (κ1) is 27.6. The van der Waals surface area contributed by atoms with Crippen LogP contribution in [0.25, 0.3) is 5.69 Å². The number of carboxylic acid groups (broad SMARTS) is 2. The minimum atomic E-state index is -0.982. The first-order chi connectivity index (χ1) is 16.1. The van der Waals surface area contributed by atoms with E-state index in [-0.39, 0.29) is 17.4 Å². The zero-order valence-electron chi connectivity index (χ0n) is 18.7. The molecule has 8 nitrogen and oxygen atoms in total. The van der Waals surface area contributed by atoms with Gasteiger partial charge in [0, 0.05) is 46.2 Å². The molecule has 4 N–H and O–H groups in total. The lowest BCUT2D eigenvalue weighted by molar-refractivity contribution is -0.110. The fourth-order valence-corrected chi connectivity index (χ4v) is 3.82. The van der Waals surface area contributed by atoms with Gasteiger partial charge in [0.25, 0.3) is 0 Å². The number of nitrogens with zero attached hydrogens (tertiary/aromatic N) is 1. The molecular formula is C24H26Br2N2O6. The zero-order valence-corrected chi connectivity index (χ0v) is 21.8. The van der Waals surface area contributed by atoms with Crippen LogP contribution in [0, 0.1) is 0 Å². The highest BCUT2D eigenvalue weighted by Gasteiger charge is 2.20. The Hall–Kier alpha value is -2.66. The van der Waals surface area contributed by atoms with Gasteiger partial charge in [-0.05, 0) is 93.7 Å². The molecule has 2 unspecified atom stereocenters. The summed E-state index contributed by atoms with van der Waals surface area (Å²) in [5.74, 6) is -1.92. The van der Waals surface area contributed by atoms with Crippen LogP contribution in [0.2, 0.25) is 0 Å². The van der Waals surface area contributed by atoms with Gasteiger partial charge in [-0.3, -0.25) is 0 Å². The lowest BCUT2D eigenvalue weighted by Crippen LogP contribution is -2.09. The van der Waals surface area contributed by atoms with E-state index in [9.17, 15) is 9.59 Å². The van der Waals surface area contributed by atoms with Gasteiger partial charge in [-0.25, -0.2) is 9.59 Å². The summed E-state index contributed by atoms with van der Waals surface area (Å²) in [7, 11) is 1.68. The number of hydrogen-bond acceptors (Lipinski definition) is 5. The van der Waals surface area contributed by atoms with Crippen molar-refractivity contribution in [1.82, 2.24) is 4.57 Å². The van der Waals surface area contributed by atoms with Crippen LogP contribution in [0.3, 0.4) is 0 Å². The summed E-state index contributed by atoms with van der Waals surface area (Å²) < 4.78 is 13.2. The predicted octanol–water partition coefficient (Wildman–Crippen LogP) is 5.83. The summed E-state index contributed by atoms with van der Waals surface area (Å²) in [6.07, 6.45) is 6.41. The van der Waals surface area contributed by atoms with E-state index in [1.165, 1.54) is 6.07 Å². The fourth-order valence-electron chi connectivity index (χ4n) is 2.99. The van der Waals surface area contributed by atoms with Crippen molar-refractivity contribution in [1.29, 1.82) is 0 Å². The van der Waals surface area contributed by atoms with Crippen molar-refractivity contribution < 1.29 is 29.3 Å². The van der Waals surface area contributed by atoms with Crippen molar-refractivity contribution in [2.75, 3.05) is 12.8 Å². The van der Waals surface area contributed by atoms with E-state index < -0.39 is 11.9 Å². The van der Waals surface area contributed by atoms with Crippen molar-refractivity contribution in [3.8, 4) is 5.69 Å². The van der Waals surface area contributed by atoms with Gasteiger partial charge in [-0.15, -0.1) is 0 Å². The molecule has 0 aliphatic carbocycles. The highest BCUT2D eigenvalue weighted by molar-refractivity contribution is 9.10. The van der Waals surface area contributed by atoms with Gasteiger partial charge in [-0.2, -0.15) is 0 Å². The Bertz CT molecular complexity index is 1100. The number of benzene rings is 2. The number of ether oxygens (including phenoxy) is 2. The smallest absolute Gasteiger partial charge is 0.336 e. The molecule has 0 radical (unpaired) electrons. The van der Waals surface area contributed by atoms with Crippen LogP contribution in [0.4, 0.5) is 5.69 Å². The van der Waals surface area contributed by atoms with Crippen molar-refractivity contribution in [2.45, 2.75) is 32.2 Å². The van der Waals surface area contributed by atoms with Crippen LogP contribution in [0.5, 0.6) is 0 Å². The van der Waals surface area contributed by atoms with E-state index in [0.717, 1.165) is 18.5 Å². The molecule has 2 heterocycles. The average Bonchev–Trinajstić information content (AvgIpc) is 3.48. The van der Waals surface area contributed by atoms with Crippen molar-refractivity contribution in [3.63, 3.8) is 0 Å². The third kappa shape index (κ3) is 8.28. The van der Waals surface area contributed by atoms with E-state index in [1.54, 1.807) is 31.4 Å². The standard InChI is InChI=1S/C11H8BrNO2.C7H6BrNO2.C6H12O2/c12-10-4-3-8(7-9(10)11(14)15)13-5-1-2-6-13;8-6-2-1-4(9)3-5(6)7(10)11;1-5-3-4-6(7-2)8-5/h1-7H,(H,14,15);1-3H,9H2,(H,10,11);5-6H,3-4H2,1-2H3. The van der Waals surface area contributed by atoms with E-state index in [2.05, 4.69) is 38.8 Å². The number of nitrogens with two attached hydrogens (primary N) is 1. The lowest BCUT2D eigenvalue weighted by atomic mass is 10.2. The average molecular weight is 598 g/mol.